The summed E-state index contributed by atoms with van der Waals surface area (Å²) in [7, 11) is 0. The van der Waals surface area contributed by atoms with Gasteiger partial charge in [-0.05, 0) is 18.2 Å². The van der Waals surface area contributed by atoms with E-state index in [2.05, 4.69) is 10.1 Å². The van der Waals surface area contributed by atoms with Crippen LogP contribution in [0.5, 0.6) is 0 Å². The number of fused-ring (bicyclic) bond motifs is 1. The second kappa shape index (κ2) is 3.44. The Bertz CT molecular complexity index is 685. The zero-order chi connectivity index (χ0) is 11.8. The van der Waals surface area contributed by atoms with Crippen molar-refractivity contribution < 1.29 is 18.8 Å². The standard InChI is InChI=1S/C11H6N2O4/c14-11(15)6-4-7-9(8-2-1-3-16-8)13-17-10(7)12-5-6/h1-5H,(H,14,15). The Morgan fingerprint density at radius 3 is 3.00 bits per heavy atom. The van der Waals surface area contributed by atoms with E-state index in [1.54, 1.807) is 12.1 Å². The van der Waals surface area contributed by atoms with Crippen molar-refractivity contribution in [2.75, 3.05) is 0 Å². The first-order valence-corrected chi connectivity index (χ1v) is 4.78. The lowest BCUT2D eigenvalue weighted by Crippen LogP contribution is -1.96. The van der Waals surface area contributed by atoms with Gasteiger partial charge in [0.05, 0.1) is 17.2 Å². The predicted molar refractivity (Wildman–Crippen MR) is 56.5 cm³/mol. The van der Waals surface area contributed by atoms with Crippen LogP contribution in [-0.2, 0) is 0 Å². The highest BCUT2D eigenvalue weighted by Gasteiger charge is 2.15. The minimum atomic E-state index is -1.05. The van der Waals surface area contributed by atoms with Crippen LogP contribution in [0.4, 0.5) is 0 Å². The van der Waals surface area contributed by atoms with Gasteiger partial charge in [-0.3, -0.25) is 0 Å². The summed E-state index contributed by atoms with van der Waals surface area (Å²) in [6.07, 6.45) is 2.73. The van der Waals surface area contributed by atoms with Crippen LogP contribution >= 0.6 is 0 Å². The van der Waals surface area contributed by atoms with Crippen molar-refractivity contribution in [2.45, 2.75) is 0 Å². The van der Waals surface area contributed by atoms with Crippen LogP contribution in [0.3, 0.4) is 0 Å². The summed E-state index contributed by atoms with van der Waals surface area (Å²) in [5.41, 5.74) is 0.801. The fourth-order valence-electron chi connectivity index (χ4n) is 1.54. The number of hydrogen-bond donors (Lipinski definition) is 1. The molecular weight excluding hydrogens is 224 g/mol. The van der Waals surface area contributed by atoms with Gasteiger partial charge in [0.1, 0.15) is 0 Å². The van der Waals surface area contributed by atoms with Crippen LogP contribution in [0.15, 0.2) is 39.6 Å². The molecule has 3 aromatic rings. The summed E-state index contributed by atoms with van der Waals surface area (Å²) in [6, 6.07) is 4.88. The summed E-state index contributed by atoms with van der Waals surface area (Å²) >= 11 is 0. The number of rotatable bonds is 2. The molecule has 1 N–H and O–H groups in total. The third kappa shape index (κ3) is 1.46. The second-order valence-electron chi connectivity index (χ2n) is 3.39. The summed E-state index contributed by atoms with van der Waals surface area (Å²) in [5, 5.41) is 13.2. The number of carboxylic acids is 1. The van der Waals surface area contributed by atoms with Crippen molar-refractivity contribution in [1.82, 2.24) is 10.1 Å². The molecule has 0 aromatic carbocycles. The maximum absolute atomic E-state index is 10.8. The van der Waals surface area contributed by atoms with Crippen molar-refractivity contribution in [3.63, 3.8) is 0 Å². The number of furan rings is 1. The molecule has 0 unspecified atom stereocenters. The molecule has 0 atom stereocenters. The molecular formula is C11H6N2O4. The van der Waals surface area contributed by atoms with Crippen molar-refractivity contribution >= 4 is 17.1 Å². The Hall–Kier alpha value is -2.63. The summed E-state index contributed by atoms with van der Waals surface area (Å²) in [5.74, 6) is -0.543. The molecule has 6 heteroatoms. The minimum absolute atomic E-state index is 0.0773. The van der Waals surface area contributed by atoms with Crippen molar-refractivity contribution in [2.24, 2.45) is 0 Å². The van der Waals surface area contributed by atoms with Crippen LogP contribution in [0.2, 0.25) is 0 Å². The third-order valence-corrected chi connectivity index (χ3v) is 2.33. The molecule has 6 nitrogen and oxygen atoms in total. The molecule has 0 aliphatic heterocycles. The average Bonchev–Trinajstić information content (AvgIpc) is 2.96. The molecule has 0 bridgehead atoms. The van der Waals surface area contributed by atoms with E-state index in [0.29, 0.717) is 16.8 Å². The lowest BCUT2D eigenvalue weighted by Gasteiger charge is -1.93. The van der Waals surface area contributed by atoms with Crippen LogP contribution < -0.4 is 0 Å². The smallest absolute Gasteiger partial charge is 0.337 e. The van der Waals surface area contributed by atoms with E-state index in [0.717, 1.165) is 0 Å². The second-order valence-corrected chi connectivity index (χ2v) is 3.39. The number of aromatic carboxylic acids is 1. The topological polar surface area (TPSA) is 89.4 Å². The van der Waals surface area contributed by atoms with Gasteiger partial charge in [-0.25, -0.2) is 9.78 Å². The number of pyridine rings is 1. The van der Waals surface area contributed by atoms with Gasteiger partial charge < -0.3 is 14.0 Å². The number of aromatic nitrogens is 2. The summed E-state index contributed by atoms with van der Waals surface area (Å²) < 4.78 is 10.2. The molecule has 17 heavy (non-hydrogen) atoms. The Balaban J connectivity index is 2.26. The molecule has 0 amide bonds. The SMILES string of the molecule is O=C(O)c1cnc2onc(-c3ccco3)c2c1. The van der Waals surface area contributed by atoms with E-state index in [1.807, 2.05) is 0 Å². The first-order chi connectivity index (χ1) is 8.25. The third-order valence-electron chi connectivity index (χ3n) is 2.33. The first kappa shape index (κ1) is 9.59. The molecule has 3 heterocycles. The van der Waals surface area contributed by atoms with E-state index in [9.17, 15) is 4.79 Å². The van der Waals surface area contributed by atoms with E-state index < -0.39 is 5.97 Å². The van der Waals surface area contributed by atoms with Crippen LogP contribution in [0.1, 0.15) is 10.4 Å². The van der Waals surface area contributed by atoms with Crippen LogP contribution in [0.25, 0.3) is 22.6 Å². The van der Waals surface area contributed by atoms with Crippen molar-refractivity contribution in [3.05, 3.63) is 36.2 Å². The van der Waals surface area contributed by atoms with Gasteiger partial charge in [0.15, 0.2) is 11.5 Å². The molecule has 84 valence electrons. The maximum Gasteiger partial charge on any atom is 0.337 e. The Labute approximate surface area is 94.5 Å². The maximum atomic E-state index is 10.8. The van der Waals surface area contributed by atoms with Crippen LogP contribution in [-0.4, -0.2) is 21.2 Å². The monoisotopic (exact) mass is 230 g/mol. The molecule has 0 aliphatic rings. The highest BCUT2D eigenvalue weighted by Crippen LogP contribution is 2.27. The Morgan fingerprint density at radius 1 is 1.41 bits per heavy atom. The largest absolute Gasteiger partial charge is 0.478 e. The number of hydrogen-bond acceptors (Lipinski definition) is 5. The van der Waals surface area contributed by atoms with Gasteiger partial charge in [-0.15, -0.1) is 0 Å². The lowest BCUT2D eigenvalue weighted by molar-refractivity contribution is 0.0696. The molecule has 3 aromatic heterocycles. The van der Waals surface area contributed by atoms with Gasteiger partial charge in [0.25, 0.3) is 5.71 Å². The molecule has 0 radical (unpaired) electrons. The zero-order valence-electron chi connectivity index (χ0n) is 8.45. The summed E-state index contributed by atoms with van der Waals surface area (Å²) in [6.45, 7) is 0. The molecule has 3 rings (SSSR count). The number of carboxylic acid groups (broad SMARTS) is 1. The molecule has 0 saturated heterocycles. The van der Waals surface area contributed by atoms with Gasteiger partial charge in [-0.2, -0.15) is 0 Å². The Morgan fingerprint density at radius 2 is 2.29 bits per heavy atom. The lowest BCUT2D eigenvalue weighted by atomic mass is 10.2. The fourth-order valence-corrected chi connectivity index (χ4v) is 1.54. The van der Waals surface area contributed by atoms with Gasteiger partial charge in [0, 0.05) is 6.20 Å². The molecule has 0 saturated carbocycles. The first-order valence-electron chi connectivity index (χ1n) is 4.78. The van der Waals surface area contributed by atoms with E-state index >= 15 is 0 Å². The van der Waals surface area contributed by atoms with E-state index in [1.165, 1.54) is 18.5 Å². The van der Waals surface area contributed by atoms with Gasteiger partial charge >= 0.3 is 5.97 Å². The normalized spacial score (nSPS) is 10.8. The van der Waals surface area contributed by atoms with Gasteiger partial charge in [0.2, 0.25) is 0 Å². The van der Waals surface area contributed by atoms with Crippen molar-refractivity contribution in [1.29, 1.82) is 0 Å². The number of carbonyl (C=O) groups is 1. The molecule has 0 fully saturated rings. The predicted octanol–water partition coefficient (Wildman–Crippen LogP) is 2.18. The van der Waals surface area contributed by atoms with E-state index in [-0.39, 0.29) is 11.3 Å². The highest BCUT2D eigenvalue weighted by molar-refractivity contribution is 5.95. The average molecular weight is 230 g/mol. The Kier molecular flexibility index (Phi) is 1.94. The highest BCUT2D eigenvalue weighted by atomic mass is 16.5. The van der Waals surface area contributed by atoms with Crippen LogP contribution in [0, 0.1) is 0 Å². The summed E-state index contributed by atoms with van der Waals surface area (Å²) in [4.78, 5) is 14.7. The van der Waals surface area contributed by atoms with E-state index in [4.69, 9.17) is 14.0 Å². The van der Waals surface area contributed by atoms with Gasteiger partial charge in [-0.1, -0.05) is 5.16 Å². The molecule has 0 aliphatic carbocycles. The van der Waals surface area contributed by atoms with Crippen molar-refractivity contribution in [3.8, 4) is 11.5 Å². The zero-order valence-corrected chi connectivity index (χ0v) is 8.45. The molecule has 0 spiro atoms. The minimum Gasteiger partial charge on any atom is -0.478 e. The number of nitrogens with zero attached hydrogens (tertiary/aromatic N) is 2. The quantitative estimate of drug-likeness (QED) is 0.725. The fraction of sp³-hybridized carbons (Fsp3) is 0.